The van der Waals surface area contributed by atoms with E-state index in [0.717, 1.165) is 31.6 Å². The van der Waals surface area contributed by atoms with Crippen LogP contribution in [0.15, 0.2) is 12.3 Å². The highest BCUT2D eigenvalue weighted by molar-refractivity contribution is 5.02. The number of hydrogen-bond donors (Lipinski definition) is 1. The molecule has 0 spiro atoms. The molecule has 2 atom stereocenters. The molecule has 0 aliphatic carbocycles. The third kappa shape index (κ3) is 3.82. The van der Waals surface area contributed by atoms with E-state index in [1.807, 2.05) is 10.9 Å². The highest BCUT2D eigenvalue weighted by Crippen LogP contribution is 2.17. The van der Waals surface area contributed by atoms with Crippen LogP contribution in [0.25, 0.3) is 0 Å². The van der Waals surface area contributed by atoms with E-state index in [9.17, 15) is 0 Å². The van der Waals surface area contributed by atoms with Crippen LogP contribution < -0.4 is 5.73 Å². The van der Waals surface area contributed by atoms with Gasteiger partial charge in [0, 0.05) is 31.3 Å². The zero-order chi connectivity index (χ0) is 13.0. The number of hydrogen-bond acceptors (Lipinski definition) is 3. The lowest BCUT2D eigenvalue weighted by molar-refractivity contribution is 0.00742. The Morgan fingerprint density at radius 3 is 2.94 bits per heavy atom. The second-order valence-electron chi connectivity index (χ2n) is 5.57. The van der Waals surface area contributed by atoms with Gasteiger partial charge in [-0.1, -0.05) is 0 Å². The minimum absolute atomic E-state index is 0.156. The molecule has 1 aliphatic rings. The first-order chi connectivity index (χ1) is 8.65. The van der Waals surface area contributed by atoms with Gasteiger partial charge in [-0.15, -0.1) is 0 Å². The summed E-state index contributed by atoms with van der Waals surface area (Å²) in [5.74, 6) is 0. The maximum Gasteiger partial charge on any atom is 0.0640 e. The summed E-state index contributed by atoms with van der Waals surface area (Å²) in [5.41, 5.74) is 7.28. The molecule has 4 nitrogen and oxygen atoms in total. The van der Waals surface area contributed by atoms with Gasteiger partial charge in [0.2, 0.25) is 0 Å². The Hall–Kier alpha value is -0.870. The van der Waals surface area contributed by atoms with E-state index in [4.69, 9.17) is 10.5 Å². The Morgan fingerprint density at radius 1 is 1.50 bits per heavy atom. The van der Waals surface area contributed by atoms with Crippen LogP contribution in [0.1, 0.15) is 51.3 Å². The Morgan fingerprint density at radius 2 is 2.33 bits per heavy atom. The largest absolute Gasteiger partial charge is 0.378 e. The van der Waals surface area contributed by atoms with Crippen LogP contribution in [-0.4, -0.2) is 28.5 Å². The molecule has 1 aromatic rings. The molecule has 2 heterocycles. The van der Waals surface area contributed by atoms with Crippen molar-refractivity contribution in [3.63, 3.8) is 0 Å². The predicted molar refractivity (Wildman–Crippen MR) is 72.5 cm³/mol. The van der Waals surface area contributed by atoms with Crippen molar-refractivity contribution in [2.75, 3.05) is 6.61 Å². The summed E-state index contributed by atoms with van der Waals surface area (Å²) < 4.78 is 7.71. The van der Waals surface area contributed by atoms with Gasteiger partial charge in [-0.2, -0.15) is 5.10 Å². The van der Waals surface area contributed by atoms with E-state index in [1.54, 1.807) is 0 Å². The molecule has 18 heavy (non-hydrogen) atoms. The van der Waals surface area contributed by atoms with Crippen molar-refractivity contribution in [3.8, 4) is 0 Å². The highest BCUT2D eigenvalue weighted by atomic mass is 16.5. The first kappa shape index (κ1) is 13.6. The van der Waals surface area contributed by atoms with E-state index in [-0.39, 0.29) is 6.04 Å². The van der Waals surface area contributed by atoms with Gasteiger partial charge in [-0.3, -0.25) is 4.68 Å². The number of ether oxygens (including phenoxy) is 1. The topological polar surface area (TPSA) is 53.1 Å². The Kier molecular flexibility index (Phi) is 4.78. The lowest BCUT2D eigenvalue weighted by atomic mass is 9.99. The zero-order valence-corrected chi connectivity index (χ0v) is 11.5. The third-order valence-electron chi connectivity index (χ3n) is 3.50. The van der Waals surface area contributed by atoms with Crippen LogP contribution in [-0.2, 0) is 11.2 Å². The van der Waals surface area contributed by atoms with E-state index in [1.165, 1.54) is 12.8 Å². The molecule has 0 bridgehead atoms. The fourth-order valence-corrected chi connectivity index (χ4v) is 2.46. The van der Waals surface area contributed by atoms with Gasteiger partial charge >= 0.3 is 0 Å². The first-order valence-corrected chi connectivity index (χ1v) is 7.06. The molecule has 102 valence electrons. The molecule has 0 amide bonds. The van der Waals surface area contributed by atoms with Crippen LogP contribution in [0.3, 0.4) is 0 Å². The molecule has 0 radical (unpaired) electrons. The van der Waals surface area contributed by atoms with Gasteiger partial charge in [0.15, 0.2) is 0 Å². The molecule has 0 saturated carbocycles. The summed E-state index contributed by atoms with van der Waals surface area (Å²) in [7, 11) is 0. The second kappa shape index (κ2) is 6.34. The van der Waals surface area contributed by atoms with Crippen LogP contribution in [0.2, 0.25) is 0 Å². The maximum atomic E-state index is 6.19. The molecule has 4 heteroatoms. The van der Waals surface area contributed by atoms with Gasteiger partial charge in [0.1, 0.15) is 0 Å². The van der Waals surface area contributed by atoms with Crippen molar-refractivity contribution in [1.82, 2.24) is 9.78 Å². The standard InChI is InChI=1S/C14H25N3O/c1-11(2)17-7-6-13(16-17)9-12(15)10-14-5-3-4-8-18-14/h6-7,11-12,14H,3-5,8-10,15H2,1-2H3. The van der Waals surface area contributed by atoms with Crippen LogP contribution >= 0.6 is 0 Å². The fourth-order valence-electron chi connectivity index (χ4n) is 2.46. The summed E-state index contributed by atoms with van der Waals surface area (Å²) >= 11 is 0. The van der Waals surface area contributed by atoms with Crippen LogP contribution in [0.5, 0.6) is 0 Å². The van der Waals surface area contributed by atoms with Crippen molar-refractivity contribution in [3.05, 3.63) is 18.0 Å². The Labute approximate surface area is 110 Å². The molecule has 1 aromatic heterocycles. The van der Waals surface area contributed by atoms with Gasteiger partial charge in [-0.05, 0) is 45.6 Å². The fraction of sp³-hybridized carbons (Fsp3) is 0.786. The molecular weight excluding hydrogens is 226 g/mol. The first-order valence-electron chi connectivity index (χ1n) is 7.06. The van der Waals surface area contributed by atoms with Crippen molar-refractivity contribution in [2.45, 2.75) is 64.1 Å². The Balaban J connectivity index is 1.80. The van der Waals surface area contributed by atoms with Crippen LogP contribution in [0.4, 0.5) is 0 Å². The minimum atomic E-state index is 0.156. The molecule has 0 aromatic carbocycles. The van der Waals surface area contributed by atoms with E-state index in [0.29, 0.717) is 12.1 Å². The zero-order valence-electron chi connectivity index (χ0n) is 11.5. The second-order valence-corrected chi connectivity index (χ2v) is 5.57. The van der Waals surface area contributed by atoms with Gasteiger partial charge in [0.05, 0.1) is 11.8 Å². The molecule has 1 aliphatic heterocycles. The third-order valence-corrected chi connectivity index (χ3v) is 3.50. The molecule has 2 unspecified atom stereocenters. The lowest BCUT2D eigenvalue weighted by Gasteiger charge is -2.24. The van der Waals surface area contributed by atoms with E-state index >= 15 is 0 Å². The summed E-state index contributed by atoms with van der Waals surface area (Å²) in [6, 6.07) is 2.64. The molecule has 1 fully saturated rings. The monoisotopic (exact) mass is 251 g/mol. The highest BCUT2D eigenvalue weighted by Gasteiger charge is 2.18. The predicted octanol–water partition coefficient (Wildman–Crippen LogP) is 2.29. The normalized spacial score (nSPS) is 22.3. The molecular formula is C14H25N3O. The van der Waals surface area contributed by atoms with Crippen molar-refractivity contribution in [1.29, 1.82) is 0 Å². The molecule has 1 saturated heterocycles. The number of nitrogens with zero attached hydrogens (tertiary/aromatic N) is 2. The SMILES string of the molecule is CC(C)n1ccc(CC(N)CC2CCCCO2)n1. The number of nitrogens with two attached hydrogens (primary N) is 1. The van der Waals surface area contributed by atoms with Crippen molar-refractivity contribution >= 4 is 0 Å². The summed E-state index contributed by atoms with van der Waals surface area (Å²) in [5, 5.41) is 4.54. The average Bonchev–Trinajstić information content (AvgIpc) is 2.78. The van der Waals surface area contributed by atoms with Crippen molar-refractivity contribution < 1.29 is 4.74 Å². The summed E-state index contributed by atoms with van der Waals surface area (Å²) in [4.78, 5) is 0. The Bertz CT molecular complexity index is 356. The smallest absolute Gasteiger partial charge is 0.0640 e. The summed E-state index contributed by atoms with van der Waals surface area (Å²) in [6.45, 7) is 5.17. The van der Waals surface area contributed by atoms with Gasteiger partial charge < -0.3 is 10.5 Å². The number of rotatable bonds is 5. The maximum absolute atomic E-state index is 6.19. The molecule has 2 rings (SSSR count). The van der Waals surface area contributed by atoms with E-state index in [2.05, 4.69) is 25.0 Å². The van der Waals surface area contributed by atoms with Crippen LogP contribution in [0, 0.1) is 0 Å². The van der Waals surface area contributed by atoms with Crippen molar-refractivity contribution in [2.24, 2.45) is 5.73 Å². The van der Waals surface area contributed by atoms with E-state index < -0.39 is 0 Å². The minimum Gasteiger partial charge on any atom is -0.378 e. The molecule has 2 N–H and O–H groups in total. The van der Waals surface area contributed by atoms with Gasteiger partial charge in [-0.25, -0.2) is 0 Å². The number of aromatic nitrogens is 2. The summed E-state index contributed by atoms with van der Waals surface area (Å²) in [6.07, 6.45) is 7.83. The average molecular weight is 251 g/mol. The lowest BCUT2D eigenvalue weighted by Crippen LogP contribution is -2.31. The quantitative estimate of drug-likeness (QED) is 0.873. The van der Waals surface area contributed by atoms with Gasteiger partial charge in [0.25, 0.3) is 0 Å².